The molecule has 0 spiro atoms. The van der Waals surface area contributed by atoms with Crippen LogP contribution in [0.25, 0.3) is 28.1 Å². The van der Waals surface area contributed by atoms with E-state index < -0.39 is 5.54 Å². The Hall–Kier alpha value is -3.57. The molecule has 1 N–H and O–H groups in total. The number of fused-ring (bicyclic) bond motifs is 2. The van der Waals surface area contributed by atoms with E-state index in [1.54, 1.807) is 7.05 Å². The van der Waals surface area contributed by atoms with Crippen molar-refractivity contribution >= 4 is 33.9 Å². The molecule has 5 heterocycles. The average Bonchev–Trinajstić information content (AvgIpc) is 3.40. The maximum atomic E-state index is 12.3. The van der Waals surface area contributed by atoms with Gasteiger partial charge in [-0.15, -0.1) is 0 Å². The average molecular weight is 518 g/mol. The highest BCUT2D eigenvalue weighted by Crippen LogP contribution is 2.31. The van der Waals surface area contributed by atoms with Crippen LogP contribution in [0.15, 0.2) is 24.3 Å². The van der Waals surface area contributed by atoms with Crippen molar-refractivity contribution in [1.29, 1.82) is 0 Å². The minimum atomic E-state index is -0.521. The summed E-state index contributed by atoms with van der Waals surface area (Å²) >= 11 is 0. The van der Waals surface area contributed by atoms with Crippen LogP contribution in [-0.2, 0) is 23.0 Å². The summed E-state index contributed by atoms with van der Waals surface area (Å²) in [5.74, 6) is 3.72. The molecular weight excluding hydrogens is 482 g/mol. The third kappa shape index (κ3) is 4.01. The topological polar surface area (TPSA) is 106 Å². The molecule has 0 radical (unpaired) electrons. The first-order valence-electron chi connectivity index (χ1n) is 13.3. The molecule has 0 bridgehead atoms. The number of benzene rings is 1. The first-order chi connectivity index (χ1) is 18.3. The Morgan fingerprint density at radius 3 is 2.58 bits per heavy atom. The summed E-state index contributed by atoms with van der Waals surface area (Å²) in [5, 5.41) is 2.78. The molecule has 2 saturated heterocycles. The minimum Gasteiger partial charge on any atom is -0.378 e. The monoisotopic (exact) mass is 517 g/mol. The van der Waals surface area contributed by atoms with E-state index in [9.17, 15) is 4.79 Å². The van der Waals surface area contributed by atoms with E-state index in [4.69, 9.17) is 24.7 Å². The molecule has 0 saturated carbocycles. The fourth-order valence-corrected chi connectivity index (χ4v) is 5.62. The predicted octanol–water partition coefficient (Wildman–Crippen LogP) is 1.85. The van der Waals surface area contributed by atoms with Gasteiger partial charge in [-0.3, -0.25) is 14.3 Å². The van der Waals surface area contributed by atoms with E-state index in [0.29, 0.717) is 25.1 Å². The van der Waals surface area contributed by atoms with Crippen LogP contribution in [0.2, 0.25) is 0 Å². The number of nitrogens with zero attached hydrogens (tertiary/aromatic N) is 8. The number of likely N-dealkylation sites (N-methyl/N-ethyl adjacent to an activating group) is 1. The van der Waals surface area contributed by atoms with E-state index in [1.807, 2.05) is 50.6 Å². The smallest absolute Gasteiger partial charge is 0.239 e. The molecule has 0 aliphatic carbocycles. The summed E-state index contributed by atoms with van der Waals surface area (Å²) in [4.78, 5) is 36.7. The maximum Gasteiger partial charge on any atom is 0.239 e. The zero-order valence-electron chi connectivity index (χ0n) is 22.7. The van der Waals surface area contributed by atoms with Crippen molar-refractivity contribution in [2.24, 2.45) is 13.0 Å². The lowest BCUT2D eigenvalue weighted by molar-refractivity contribution is -0.135. The lowest BCUT2D eigenvalue weighted by Gasteiger charge is -2.48. The van der Waals surface area contributed by atoms with Gasteiger partial charge in [0.25, 0.3) is 0 Å². The highest BCUT2D eigenvalue weighted by atomic mass is 16.5. The van der Waals surface area contributed by atoms with E-state index in [2.05, 4.69) is 25.8 Å². The van der Waals surface area contributed by atoms with Crippen molar-refractivity contribution in [2.45, 2.75) is 32.7 Å². The molecule has 2 fully saturated rings. The lowest BCUT2D eigenvalue weighted by atomic mass is 9.88. The Balaban J connectivity index is 1.38. The molecular formula is C27H35N9O2. The number of carbonyl (C=O) groups is 1. The van der Waals surface area contributed by atoms with Crippen molar-refractivity contribution in [3.8, 4) is 5.95 Å². The molecule has 1 amide bonds. The lowest BCUT2D eigenvalue weighted by Crippen LogP contribution is -2.63. The third-order valence-corrected chi connectivity index (χ3v) is 8.02. The van der Waals surface area contributed by atoms with E-state index in [-0.39, 0.29) is 5.91 Å². The number of para-hydroxylation sites is 2. The van der Waals surface area contributed by atoms with E-state index in [0.717, 1.165) is 72.3 Å². The van der Waals surface area contributed by atoms with Crippen molar-refractivity contribution in [1.82, 2.24) is 39.3 Å². The fourth-order valence-electron chi connectivity index (χ4n) is 5.62. The van der Waals surface area contributed by atoms with Crippen molar-refractivity contribution in [2.75, 3.05) is 51.3 Å². The van der Waals surface area contributed by atoms with E-state index >= 15 is 0 Å². The maximum absolute atomic E-state index is 12.3. The van der Waals surface area contributed by atoms with Crippen LogP contribution in [0.3, 0.4) is 0 Å². The summed E-state index contributed by atoms with van der Waals surface area (Å²) in [6, 6.07) is 8.06. The van der Waals surface area contributed by atoms with Gasteiger partial charge in [-0.2, -0.15) is 9.97 Å². The number of morpholine rings is 1. The Bertz CT molecular complexity index is 1510. The van der Waals surface area contributed by atoms with Gasteiger partial charge < -0.3 is 19.5 Å². The summed E-state index contributed by atoms with van der Waals surface area (Å²) < 4.78 is 9.75. The van der Waals surface area contributed by atoms with Gasteiger partial charge in [0.1, 0.15) is 11.6 Å². The molecule has 11 heteroatoms. The van der Waals surface area contributed by atoms with Crippen LogP contribution in [-0.4, -0.2) is 91.9 Å². The Kier molecular flexibility index (Phi) is 6.07. The first kappa shape index (κ1) is 24.7. The SMILES string of the molecule is CNC(=O)C(C)(C)N1CC(Cc2nc3c(N4CCOCC4)nc(-n4c(C)nc5ccccc54)nc3n2C)C1. The number of aromatic nitrogens is 6. The number of nitrogens with one attached hydrogen (secondary N) is 1. The van der Waals surface area contributed by atoms with Crippen LogP contribution in [0.4, 0.5) is 5.82 Å². The molecule has 1 aromatic carbocycles. The molecule has 2 aliphatic heterocycles. The minimum absolute atomic E-state index is 0.0407. The standard InChI is InChI=1S/C27H35N9O2/c1-17-29-19-8-6-7-9-20(19)36(17)26-31-23-22(24(32-26)34-10-12-38-13-11-34)30-21(33(23)5)14-18-15-35(16-18)27(2,3)25(37)28-4/h6-9,18H,10-16H2,1-5H3,(H,28,37). The highest BCUT2D eigenvalue weighted by Gasteiger charge is 2.42. The third-order valence-electron chi connectivity index (χ3n) is 8.02. The largest absolute Gasteiger partial charge is 0.378 e. The number of rotatable bonds is 6. The summed E-state index contributed by atoms with van der Waals surface area (Å²) in [7, 11) is 3.73. The first-order valence-corrected chi connectivity index (χ1v) is 13.3. The normalized spacial score (nSPS) is 17.3. The number of carbonyl (C=O) groups excluding carboxylic acids is 1. The molecule has 0 atom stereocenters. The summed E-state index contributed by atoms with van der Waals surface area (Å²) in [6.07, 6.45) is 0.818. The number of aryl methyl sites for hydroxylation is 2. The molecule has 4 aromatic rings. The number of hydrogen-bond acceptors (Lipinski definition) is 8. The summed E-state index contributed by atoms with van der Waals surface area (Å²) in [5.41, 5.74) is 3.00. The second kappa shape index (κ2) is 9.32. The summed E-state index contributed by atoms with van der Waals surface area (Å²) in [6.45, 7) is 10.5. The molecule has 6 rings (SSSR count). The Morgan fingerprint density at radius 1 is 1.11 bits per heavy atom. The van der Waals surface area contributed by atoms with Gasteiger partial charge in [0.05, 0.1) is 29.8 Å². The van der Waals surface area contributed by atoms with Crippen LogP contribution < -0.4 is 10.2 Å². The number of anilines is 1. The second-order valence-corrected chi connectivity index (χ2v) is 10.8. The van der Waals surface area contributed by atoms with Gasteiger partial charge in [0.2, 0.25) is 11.9 Å². The second-order valence-electron chi connectivity index (χ2n) is 10.8. The number of amides is 1. The van der Waals surface area contributed by atoms with Gasteiger partial charge in [0, 0.05) is 46.7 Å². The van der Waals surface area contributed by atoms with Gasteiger partial charge in [-0.1, -0.05) is 12.1 Å². The highest BCUT2D eigenvalue weighted by molar-refractivity contribution is 5.86. The fraction of sp³-hybridized carbons (Fsp3) is 0.519. The number of hydrogen-bond donors (Lipinski definition) is 1. The van der Waals surface area contributed by atoms with Gasteiger partial charge in [0.15, 0.2) is 17.0 Å². The molecule has 3 aromatic heterocycles. The number of ether oxygens (including phenoxy) is 1. The quantitative estimate of drug-likeness (QED) is 0.413. The zero-order valence-corrected chi connectivity index (χ0v) is 22.7. The molecule has 200 valence electrons. The molecule has 0 unspecified atom stereocenters. The van der Waals surface area contributed by atoms with Crippen LogP contribution in [0, 0.1) is 12.8 Å². The zero-order chi connectivity index (χ0) is 26.6. The number of imidazole rings is 2. The molecule has 38 heavy (non-hydrogen) atoms. The van der Waals surface area contributed by atoms with Gasteiger partial charge in [-0.05, 0) is 38.8 Å². The number of likely N-dealkylation sites (tertiary alicyclic amines) is 1. The van der Waals surface area contributed by atoms with Crippen LogP contribution in [0.5, 0.6) is 0 Å². The van der Waals surface area contributed by atoms with Crippen molar-refractivity contribution < 1.29 is 9.53 Å². The van der Waals surface area contributed by atoms with Gasteiger partial charge in [-0.25, -0.2) is 9.97 Å². The Labute approximate surface area is 221 Å². The van der Waals surface area contributed by atoms with Crippen LogP contribution >= 0.6 is 0 Å². The van der Waals surface area contributed by atoms with Crippen molar-refractivity contribution in [3.05, 3.63) is 35.9 Å². The predicted molar refractivity (Wildman–Crippen MR) is 146 cm³/mol. The van der Waals surface area contributed by atoms with Crippen molar-refractivity contribution in [3.63, 3.8) is 0 Å². The van der Waals surface area contributed by atoms with E-state index in [1.165, 1.54) is 0 Å². The Morgan fingerprint density at radius 2 is 1.84 bits per heavy atom. The molecule has 11 nitrogen and oxygen atoms in total. The van der Waals surface area contributed by atoms with Crippen LogP contribution in [0.1, 0.15) is 25.5 Å². The van der Waals surface area contributed by atoms with Gasteiger partial charge >= 0.3 is 0 Å². The molecule has 2 aliphatic rings.